The van der Waals surface area contributed by atoms with Crippen molar-refractivity contribution in [3.63, 3.8) is 0 Å². The van der Waals surface area contributed by atoms with Crippen molar-refractivity contribution in [2.24, 2.45) is 0 Å². The van der Waals surface area contributed by atoms with Crippen LogP contribution in [0.25, 0.3) is 0 Å². The van der Waals surface area contributed by atoms with Crippen LogP contribution in [0, 0.1) is 0 Å². The number of rotatable bonds is 8. The van der Waals surface area contributed by atoms with Gasteiger partial charge in [-0.05, 0) is 66.1 Å². The van der Waals surface area contributed by atoms with Crippen molar-refractivity contribution in [3.05, 3.63) is 34.4 Å². The average molecular weight is 315 g/mol. The summed E-state index contributed by atoms with van der Waals surface area (Å²) in [4.78, 5) is 23.2. The number of carbonyl (C=O) groups is 2. The van der Waals surface area contributed by atoms with Crippen molar-refractivity contribution >= 4 is 33.7 Å². The lowest BCUT2D eigenvalue weighted by Gasteiger charge is -2.15. The fourth-order valence-corrected chi connectivity index (χ4v) is 2.69. The molecule has 0 unspecified atom stereocenters. The van der Waals surface area contributed by atoms with E-state index < -0.39 is 10.5 Å². The van der Waals surface area contributed by atoms with E-state index in [1.165, 1.54) is 0 Å². The zero-order valence-electron chi connectivity index (χ0n) is 12.0. The van der Waals surface area contributed by atoms with Crippen molar-refractivity contribution < 1.29 is 9.59 Å². The Labute approximate surface area is 130 Å². The number of halogens is 2. The van der Waals surface area contributed by atoms with E-state index in [1.54, 1.807) is 6.07 Å². The maximum atomic E-state index is 11.7. The monoisotopic (exact) mass is 314 g/mol. The Hall–Kier alpha value is -0.860. The SMILES string of the molecule is CCCCc1ccc(C(=O)Cl)c(C(=O)Cl)c1CCCC. The molecule has 0 aliphatic heterocycles. The predicted molar refractivity (Wildman–Crippen MR) is 84.0 cm³/mol. The van der Waals surface area contributed by atoms with E-state index in [0.717, 1.165) is 49.7 Å². The van der Waals surface area contributed by atoms with Crippen molar-refractivity contribution in [2.75, 3.05) is 0 Å². The lowest BCUT2D eigenvalue weighted by atomic mass is 9.91. The Morgan fingerprint density at radius 2 is 1.55 bits per heavy atom. The summed E-state index contributed by atoms with van der Waals surface area (Å²) in [5.41, 5.74) is 2.52. The molecule has 110 valence electrons. The highest BCUT2D eigenvalue weighted by atomic mass is 35.5. The summed E-state index contributed by atoms with van der Waals surface area (Å²) in [6.45, 7) is 4.21. The van der Waals surface area contributed by atoms with Crippen LogP contribution >= 0.6 is 23.2 Å². The summed E-state index contributed by atoms with van der Waals surface area (Å²) in [5.74, 6) is 0. The van der Waals surface area contributed by atoms with Crippen LogP contribution in [-0.4, -0.2) is 10.5 Å². The normalized spacial score (nSPS) is 10.6. The first kappa shape index (κ1) is 17.2. The average Bonchev–Trinajstić information content (AvgIpc) is 2.41. The molecule has 0 amide bonds. The highest BCUT2D eigenvalue weighted by molar-refractivity contribution is 6.72. The van der Waals surface area contributed by atoms with Crippen molar-refractivity contribution in [2.45, 2.75) is 52.4 Å². The molecule has 0 N–H and O–H groups in total. The summed E-state index contributed by atoms with van der Waals surface area (Å²) in [6, 6.07) is 3.52. The first-order valence-corrected chi connectivity index (χ1v) is 7.82. The van der Waals surface area contributed by atoms with E-state index >= 15 is 0 Å². The van der Waals surface area contributed by atoms with Crippen LogP contribution in [0.1, 0.15) is 71.4 Å². The van der Waals surface area contributed by atoms with Crippen LogP contribution in [-0.2, 0) is 12.8 Å². The van der Waals surface area contributed by atoms with Crippen LogP contribution in [0.5, 0.6) is 0 Å². The molecule has 0 aliphatic carbocycles. The van der Waals surface area contributed by atoms with Gasteiger partial charge in [0.15, 0.2) is 0 Å². The number of hydrogen-bond donors (Lipinski definition) is 0. The Kier molecular flexibility index (Phi) is 7.25. The van der Waals surface area contributed by atoms with Crippen LogP contribution < -0.4 is 0 Å². The van der Waals surface area contributed by atoms with Gasteiger partial charge in [-0.15, -0.1) is 0 Å². The summed E-state index contributed by atoms with van der Waals surface area (Å²) in [7, 11) is 0. The van der Waals surface area contributed by atoms with Crippen LogP contribution in [0.2, 0.25) is 0 Å². The number of benzene rings is 1. The van der Waals surface area contributed by atoms with E-state index in [2.05, 4.69) is 13.8 Å². The van der Waals surface area contributed by atoms with Gasteiger partial charge in [0, 0.05) is 11.1 Å². The van der Waals surface area contributed by atoms with E-state index in [1.807, 2.05) is 6.07 Å². The Morgan fingerprint density at radius 3 is 2.05 bits per heavy atom. The molecule has 0 aliphatic rings. The van der Waals surface area contributed by atoms with Crippen LogP contribution in [0.15, 0.2) is 12.1 Å². The molecule has 0 aromatic heterocycles. The lowest BCUT2D eigenvalue weighted by molar-refractivity contribution is 0.105. The molecule has 0 spiro atoms. The first-order valence-electron chi connectivity index (χ1n) is 7.07. The van der Waals surface area contributed by atoms with Gasteiger partial charge in [0.05, 0.1) is 0 Å². The van der Waals surface area contributed by atoms with E-state index in [4.69, 9.17) is 23.2 Å². The summed E-state index contributed by atoms with van der Waals surface area (Å²) >= 11 is 11.3. The van der Waals surface area contributed by atoms with Crippen molar-refractivity contribution in [3.8, 4) is 0 Å². The lowest BCUT2D eigenvalue weighted by Crippen LogP contribution is -2.09. The molecule has 0 saturated heterocycles. The van der Waals surface area contributed by atoms with Gasteiger partial charge in [-0.1, -0.05) is 32.8 Å². The number of hydrogen-bond acceptors (Lipinski definition) is 2. The predicted octanol–water partition coefficient (Wildman–Crippen LogP) is 5.13. The minimum absolute atomic E-state index is 0.220. The van der Waals surface area contributed by atoms with Gasteiger partial charge in [-0.3, -0.25) is 9.59 Å². The summed E-state index contributed by atoms with van der Waals surface area (Å²) < 4.78 is 0. The second kappa shape index (κ2) is 8.43. The Bertz CT molecular complexity index is 495. The van der Waals surface area contributed by atoms with Gasteiger partial charge in [0.1, 0.15) is 0 Å². The highest BCUT2D eigenvalue weighted by Crippen LogP contribution is 2.26. The molecule has 2 nitrogen and oxygen atoms in total. The Morgan fingerprint density at radius 1 is 0.950 bits per heavy atom. The summed E-state index contributed by atoms with van der Waals surface area (Å²) in [6.07, 6.45) is 5.74. The molecule has 20 heavy (non-hydrogen) atoms. The number of aryl methyl sites for hydroxylation is 1. The third-order valence-electron chi connectivity index (χ3n) is 3.40. The zero-order valence-corrected chi connectivity index (χ0v) is 13.5. The maximum Gasteiger partial charge on any atom is 0.253 e. The molecule has 0 atom stereocenters. The number of carbonyl (C=O) groups excluding carboxylic acids is 2. The van der Waals surface area contributed by atoms with Gasteiger partial charge in [-0.2, -0.15) is 0 Å². The van der Waals surface area contributed by atoms with Crippen molar-refractivity contribution in [1.82, 2.24) is 0 Å². The fourth-order valence-electron chi connectivity index (χ4n) is 2.32. The van der Waals surface area contributed by atoms with E-state index in [9.17, 15) is 9.59 Å². The van der Waals surface area contributed by atoms with Crippen LogP contribution in [0.4, 0.5) is 0 Å². The molecule has 0 heterocycles. The van der Waals surface area contributed by atoms with Gasteiger partial charge in [-0.25, -0.2) is 0 Å². The molecule has 0 fully saturated rings. The summed E-state index contributed by atoms with van der Waals surface area (Å²) in [5, 5.41) is -1.23. The molecule has 0 radical (unpaired) electrons. The van der Waals surface area contributed by atoms with Crippen LogP contribution in [0.3, 0.4) is 0 Å². The standard InChI is InChI=1S/C16H20Cl2O2/c1-3-5-7-11-9-10-13(15(17)19)14(16(18)20)12(11)8-6-4-2/h9-10H,3-8H2,1-2H3. The molecular weight excluding hydrogens is 295 g/mol. The third kappa shape index (κ3) is 4.32. The van der Waals surface area contributed by atoms with Gasteiger partial charge in [0.25, 0.3) is 10.5 Å². The second-order valence-electron chi connectivity index (χ2n) is 4.88. The zero-order chi connectivity index (χ0) is 15.1. The molecular formula is C16H20Cl2O2. The molecule has 0 saturated carbocycles. The van der Waals surface area contributed by atoms with E-state index in [-0.39, 0.29) is 5.56 Å². The largest absolute Gasteiger partial charge is 0.276 e. The first-order chi connectivity index (χ1) is 9.52. The molecule has 1 aromatic rings. The second-order valence-corrected chi connectivity index (χ2v) is 5.57. The fraction of sp³-hybridized carbons (Fsp3) is 0.500. The van der Waals surface area contributed by atoms with Crippen molar-refractivity contribution in [1.29, 1.82) is 0 Å². The minimum atomic E-state index is -0.631. The highest BCUT2D eigenvalue weighted by Gasteiger charge is 2.20. The van der Waals surface area contributed by atoms with Gasteiger partial charge >= 0.3 is 0 Å². The molecule has 0 bridgehead atoms. The third-order valence-corrected chi connectivity index (χ3v) is 3.79. The minimum Gasteiger partial charge on any atom is -0.276 e. The van der Waals surface area contributed by atoms with Gasteiger partial charge < -0.3 is 0 Å². The smallest absolute Gasteiger partial charge is 0.253 e. The molecule has 4 heteroatoms. The van der Waals surface area contributed by atoms with Gasteiger partial charge in [0.2, 0.25) is 0 Å². The Balaban J connectivity index is 3.35. The van der Waals surface area contributed by atoms with E-state index in [0.29, 0.717) is 5.56 Å². The number of unbranched alkanes of at least 4 members (excludes halogenated alkanes) is 2. The quantitative estimate of drug-likeness (QED) is 0.623. The molecule has 1 aromatic carbocycles. The topological polar surface area (TPSA) is 34.1 Å². The maximum absolute atomic E-state index is 11.7. The molecule has 1 rings (SSSR count).